The van der Waals surface area contributed by atoms with E-state index >= 15 is 0 Å². The molecule has 28 heavy (non-hydrogen) atoms. The van der Waals surface area contributed by atoms with Gasteiger partial charge in [-0.25, -0.2) is 13.1 Å². The summed E-state index contributed by atoms with van der Waals surface area (Å²) in [6.07, 6.45) is 0.0282. The summed E-state index contributed by atoms with van der Waals surface area (Å²) in [6.45, 7) is 4.08. The monoisotopic (exact) mass is 403 g/mol. The third-order valence-corrected chi connectivity index (χ3v) is 5.82. The highest BCUT2D eigenvalue weighted by atomic mass is 32.2. The number of hydrogen-bond acceptors (Lipinski definition) is 4. The second-order valence-electron chi connectivity index (χ2n) is 6.45. The van der Waals surface area contributed by atoms with Crippen LogP contribution in [-0.2, 0) is 21.4 Å². The molecule has 3 N–H and O–H groups in total. The first-order valence-corrected chi connectivity index (χ1v) is 10.4. The summed E-state index contributed by atoms with van der Waals surface area (Å²) in [5.74, 6) is -0.440. The average Bonchev–Trinajstić information content (AvgIpc) is 2.68. The van der Waals surface area contributed by atoms with Crippen LogP contribution in [0.25, 0.3) is 0 Å². The first kappa shape index (κ1) is 21.6. The molecule has 0 bridgehead atoms. The van der Waals surface area contributed by atoms with Crippen molar-refractivity contribution in [3.8, 4) is 0 Å². The molecule has 2 aromatic rings. The standard InChI is InChI=1S/C20H25N3O4S/c1-14-4-9-18(12-15(14)2)28(26,27)23-11-10-19(24)22-13-16-5-7-17(8-6-16)20(25)21-3/h4-9,12,23H,10-11,13H2,1-3H3,(H,21,25)(H,22,24). The van der Waals surface area contributed by atoms with Crippen molar-refractivity contribution in [1.29, 1.82) is 0 Å². The van der Waals surface area contributed by atoms with Crippen molar-refractivity contribution in [2.75, 3.05) is 13.6 Å². The van der Waals surface area contributed by atoms with Crippen molar-refractivity contribution in [3.05, 3.63) is 64.7 Å². The minimum atomic E-state index is -3.65. The molecule has 2 amide bonds. The van der Waals surface area contributed by atoms with Crippen LogP contribution in [0.2, 0.25) is 0 Å². The molecule has 0 unspecified atom stereocenters. The molecule has 0 aliphatic rings. The molecule has 0 radical (unpaired) electrons. The predicted molar refractivity (Wildman–Crippen MR) is 107 cm³/mol. The molecule has 0 atom stereocenters. The number of amides is 2. The van der Waals surface area contributed by atoms with Gasteiger partial charge in [0.25, 0.3) is 5.91 Å². The number of benzene rings is 2. The van der Waals surface area contributed by atoms with Gasteiger partial charge in [0.05, 0.1) is 4.90 Å². The third-order valence-electron chi connectivity index (χ3n) is 4.37. The summed E-state index contributed by atoms with van der Waals surface area (Å²) in [6, 6.07) is 11.8. The fraction of sp³-hybridized carbons (Fsp3) is 0.300. The van der Waals surface area contributed by atoms with Crippen LogP contribution >= 0.6 is 0 Å². The fourth-order valence-electron chi connectivity index (χ4n) is 2.47. The molecule has 2 aromatic carbocycles. The van der Waals surface area contributed by atoms with Crippen molar-refractivity contribution in [1.82, 2.24) is 15.4 Å². The SMILES string of the molecule is CNC(=O)c1ccc(CNC(=O)CCNS(=O)(=O)c2ccc(C)c(C)c2)cc1. The summed E-state index contributed by atoms with van der Waals surface area (Å²) in [5, 5.41) is 5.27. The number of hydrogen-bond donors (Lipinski definition) is 3. The van der Waals surface area contributed by atoms with E-state index in [4.69, 9.17) is 0 Å². The number of nitrogens with one attached hydrogen (secondary N) is 3. The minimum Gasteiger partial charge on any atom is -0.355 e. The molecule has 150 valence electrons. The molecule has 7 nitrogen and oxygen atoms in total. The number of aryl methyl sites for hydroxylation is 2. The Morgan fingerprint density at radius 3 is 2.25 bits per heavy atom. The Morgan fingerprint density at radius 1 is 0.964 bits per heavy atom. The van der Waals surface area contributed by atoms with Crippen molar-refractivity contribution in [3.63, 3.8) is 0 Å². The summed E-state index contributed by atoms with van der Waals surface area (Å²) >= 11 is 0. The molecule has 8 heteroatoms. The van der Waals surface area contributed by atoms with Gasteiger partial charge in [0.1, 0.15) is 0 Å². The molecule has 0 aromatic heterocycles. The van der Waals surface area contributed by atoms with Crippen LogP contribution in [0.4, 0.5) is 0 Å². The van der Waals surface area contributed by atoms with E-state index in [-0.39, 0.29) is 29.7 Å². The van der Waals surface area contributed by atoms with Gasteiger partial charge >= 0.3 is 0 Å². The smallest absolute Gasteiger partial charge is 0.251 e. The normalized spacial score (nSPS) is 11.1. The largest absolute Gasteiger partial charge is 0.355 e. The van der Waals surface area contributed by atoms with Gasteiger partial charge in [-0.3, -0.25) is 9.59 Å². The summed E-state index contributed by atoms with van der Waals surface area (Å²) in [7, 11) is -2.09. The second-order valence-corrected chi connectivity index (χ2v) is 8.21. The van der Waals surface area contributed by atoms with Crippen LogP contribution in [0.1, 0.15) is 33.5 Å². The lowest BCUT2D eigenvalue weighted by atomic mass is 10.1. The molecule has 0 saturated heterocycles. The van der Waals surface area contributed by atoms with E-state index in [0.29, 0.717) is 12.1 Å². The first-order chi connectivity index (χ1) is 13.2. The Kier molecular flexibility index (Phi) is 7.31. The van der Waals surface area contributed by atoms with Crippen molar-refractivity contribution in [2.24, 2.45) is 0 Å². The minimum absolute atomic E-state index is 0.0106. The third kappa shape index (κ3) is 5.90. The van der Waals surface area contributed by atoms with Gasteiger partial charge in [-0.1, -0.05) is 18.2 Å². The predicted octanol–water partition coefficient (Wildman–Crippen LogP) is 1.65. The summed E-state index contributed by atoms with van der Waals surface area (Å²) in [4.78, 5) is 23.6. The quantitative estimate of drug-likeness (QED) is 0.623. The number of rotatable bonds is 8. The number of sulfonamides is 1. The van der Waals surface area contributed by atoms with Gasteiger partial charge in [-0.05, 0) is 54.8 Å². The number of carbonyl (C=O) groups excluding carboxylic acids is 2. The van der Waals surface area contributed by atoms with E-state index in [1.54, 1.807) is 49.5 Å². The van der Waals surface area contributed by atoms with Gasteiger partial charge in [0.15, 0.2) is 0 Å². The van der Waals surface area contributed by atoms with Gasteiger partial charge in [-0.15, -0.1) is 0 Å². The first-order valence-electron chi connectivity index (χ1n) is 8.87. The van der Waals surface area contributed by atoms with Crippen LogP contribution in [0.3, 0.4) is 0 Å². The van der Waals surface area contributed by atoms with Gasteiger partial charge in [0.2, 0.25) is 15.9 Å². The van der Waals surface area contributed by atoms with Crippen molar-refractivity contribution in [2.45, 2.75) is 31.7 Å². The van der Waals surface area contributed by atoms with Crippen LogP contribution in [0, 0.1) is 13.8 Å². The van der Waals surface area contributed by atoms with Crippen LogP contribution in [-0.4, -0.2) is 33.8 Å². The molecule has 0 spiro atoms. The van der Waals surface area contributed by atoms with Crippen molar-refractivity contribution >= 4 is 21.8 Å². The van der Waals surface area contributed by atoms with E-state index in [9.17, 15) is 18.0 Å². The number of carbonyl (C=O) groups is 2. The lowest BCUT2D eigenvalue weighted by Gasteiger charge is -2.09. The van der Waals surface area contributed by atoms with Crippen LogP contribution in [0.5, 0.6) is 0 Å². The molecule has 0 saturated carbocycles. The second kappa shape index (κ2) is 9.48. The fourth-order valence-corrected chi connectivity index (χ4v) is 3.59. The van der Waals surface area contributed by atoms with E-state index in [1.165, 1.54) is 0 Å². The molecule has 0 fully saturated rings. The van der Waals surface area contributed by atoms with E-state index in [0.717, 1.165) is 16.7 Å². The highest BCUT2D eigenvalue weighted by Gasteiger charge is 2.14. The van der Waals surface area contributed by atoms with Crippen LogP contribution < -0.4 is 15.4 Å². The summed E-state index contributed by atoms with van der Waals surface area (Å²) in [5.41, 5.74) is 3.29. The van der Waals surface area contributed by atoms with E-state index in [1.807, 2.05) is 13.8 Å². The Bertz CT molecular complexity index is 954. The van der Waals surface area contributed by atoms with Crippen molar-refractivity contribution < 1.29 is 18.0 Å². The maximum absolute atomic E-state index is 12.3. The zero-order chi connectivity index (χ0) is 20.7. The maximum atomic E-state index is 12.3. The average molecular weight is 404 g/mol. The molecular formula is C20H25N3O4S. The van der Waals surface area contributed by atoms with Gasteiger partial charge in [-0.2, -0.15) is 0 Å². The zero-order valence-electron chi connectivity index (χ0n) is 16.2. The van der Waals surface area contributed by atoms with E-state index in [2.05, 4.69) is 15.4 Å². The van der Waals surface area contributed by atoms with Gasteiger partial charge in [0, 0.05) is 32.1 Å². The highest BCUT2D eigenvalue weighted by molar-refractivity contribution is 7.89. The molecule has 0 aliphatic carbocycles. The molecule has 2 rings (SSSR count). The molecular weight excluding hydrogens is 378 g/mol. The topological polar surface area (TPSA) is 104 Å². The maximum Gasteiger partial charge on any atom is 0.251 e. The Hall–Kier alpha value is -2.71. The highest BCUT2D eigenvalue weighted by Crippen LogP contribution is 2.14. The Labute approximate surface area is 165 Å². The lowest BCUT2D eigenvalue weighted by Crippen LogP contribution is -2.30. The van der Waals surface area contributed by atoms with Gasteiger partial charge < -0.3 is 10.6 Å². The lowest BCUT2D eigenvalue weighted by molar-refractivity contribution is -0.121. The Morgan fingerprint density at radius 2 is 1.64 bits per heavy atom. The Balaban J connectivity index is 1.80. The molecule has 0 heterocycles. The summed E-state index contributed by atoms with van der Waals surface area (Å²) < 4.78 is 27.0. The molecule has 0 aliphatic heterocycles. The van der Waals surface area contributed by atoms with Crippen LogP contribution in [0.15, 0.2) is 47.4 Å². The zero-order valence-corrected chi connectivity index (χ0v) is 17.0. The van der Waals surface area contributed by atoms with E-state index < -0.39 is 10.0 Å².